The molecule has 0 aliphatic carbocycles. The number of fused-ring (bicyclic) bond motifs is 1. The number of rotatable bonds is 4. The minimum atomic E-state index is -3.87. The average molecular weight is 466 g/mol. The number of nitrogens with zero attached hydrogens (tertiary/aromatic N) is 1. The number of amides is 2. The van der Waals surface area contributed by atoms with Gasteiger partial charge in [-0.1, -0.05) is 11.6 Å². The highest BCUT2D eigenvalue weighted by atomic mass is 35.5. The molecule has 2 heterocycles. The van der Waals surface area contributed by atoms with E-state index < -0.39 is 22.0 Å². The van der Waals surface area contributed by atoms with Crippen LogP contribution >= 0.6 is 11.6 Å². The van der Waals surface area contributed by atoms with Gasteiger partial charge in [0.2, 0.25) is 10.0 Å². The third-order valence-electron chi connectivity index (χ3n) is 4.95. The first-order valence-corrected chi connectivity index (χ1v) is 11.4. The van der Waals surface area contributed by atoms with Crippen molar-refractivity contribution < 1.29 is 27.5 Å². The molecule has 9 nitrogen and oxygen atoms in total. The van der Waals surface area contributed by atoms with Crippen LogP contribution in [0.15, 0.2) is 41.3 Å². The van der Waals surface area contributed by atoms with Gasteiger partial charge in [-0.25, -0.2) is 8.42 Å². The van der Waals surface area contributed by atoms with E-state index in [0.717, 1.165) is 0 Å². The van der Waals surface area contributed by atoms with Crippen molar-refractivity contribution in [2.24, 2.45) is 0 Å². The molecule has 31 heavy (non-hydrogen) atoms. The fraction of sp³-hybridized carbons (Fsp3) is 0.300. The van der Waals surface area contributed by atoms with Crippen LogP contribution in [0.3, 0.4) is 0 Å². The van der Waals surface area contributed by atoms with E-state index in [0.29, 0.717) is 30.3 Å². The summed E-state index contributed by atoms with van der Waals surface area (Å²) in [5.41, 5.74) is 0.977. The maximum Gasteiger partial charge on any atom is 0.265 e. The topological polar surface area (TPSA) is 114 Å². The zero-order valence-electron chi connectivity index (χ0n) is 16.6. The van der Waals surface area contributed by atoms with Gasteiger partial charge in [-0.15, -0.1) is 0 Å². The molecule has 164 valence electrons. The Morgan fingerprint density at radius 1 is 1.19 bits per heavy atom. The van der Waals surface area contributed by atoms with Crippen LogP contribution in [-0.4, -0.2) is 56.9 Å². The summed E-state index contributed by atoms with van der Waals surface area (Å²) in [7, 11) is -3.87. The van der Waals surface area contributed by atoms with Crippen LogP contribution in [0.4, 0.5) is 11.4 Å². The number of ether oxygens (including phenoxy) is 2. The van der Waals surface area contributed by atoms with Gasteiger partial charge in [0.05, 0.1) is 23.9 Å². The average Bonchev–Trinajstić information content (AvgIpc) is 2.75. The lowest BCUT2D eigenvalue weighted by molar-refractivity contribution is -0.122. The van der Waals surface area contributed by atoms with E-state index >= 15 is 0 Å². The number of carbonyl (C=O) groups excluding carboxylic acids is 2. The SMILES string of the molecule is CC1Oc2ccc(NC(=O)c3ccc(Cl)c(S(=O)(=O)N4CCOCC4)c3)cc2NC1=O. The molecule has 0 radical (unpaired) electrons. The molecule has 2 aromatic carbocycles. The molecule has 0 bridgehead atoms. The predicted molar refractivity (Wildman–Crippen MR) is 114 cm³/mol. The zero-order valence-corrected chi connectivity index (χ0v) is 18.1. The molecule has 4 rings (SSSR count). The Morgan fingerprint density at radius 2 is 1.94 bits per heavy atom. The van der Waals surface area contributed by atoms with Crippen molar-refractivity contribution in [1.29, 1.82) is 0 Å². The molecular weight excluding hydrogens is 446 g/mol. The second-order valence-electron chi connectivity index (χ2n) is 7.08. The minimum absolute atomic E-state index is 0.0332. The lowest BCUT2D eigenvalue weighted by Gasteiger charge is -2.26. The highest BCUT2D eigenvalue weighted by molar-refractivity contribution is 7.89. The third-order valence-corrected chi connectivity index (χ3v) is 7.33. The molecule has 0 aromatic heterocycles. The van der Waals surface area contributed by atoms with E-state index in [1.54, 1.807) is 25.1 Å². The highest BCUT2D eigenvalue weighted by Crippen LogP contribution is 2.32. The Bertz CT molecular complexity index is 1150. The monoisotopic (exact) mass is 465 g/mol. The molecule has 11 heteroatoms. The van der Waals surface area contributed by atoms with Gasteiger partial charge in [0.15, 0.2) is 6.10 Å². The van der Waals surface area contributed by atoms with Gasteiger partial charge in [-0.2, -0.15) is 4.31 Å². The summed E-state index contributed by atoms with van der Waals surface area (Å²) in [6, 6.07) is 8.91. The number of sulfonamides is 1. The number of morpholine rings is 1. The van der Waals surface area contributed by atoms with Gasteiger partial charge < -0.3 is 20.1 Å². The van der Waals surface area contributed by atoms with Gasteiger partial charge >= 0.3 is 0 Å². The van der Waals surface area contributed by atoms with Gasteiger partial charge in [-0.05, 0) is 43.3 Å². The summed E-state index contributed by atoms with van der Waals surface area (Å²) < 4.78 is 37.9. The molecule has 1 saturated heterocycles. The number of hydrogen-bond acceptors (Lipinski definition) is 6. The molecule has 2 aliphatic rings. The molecule has 1 atom stereocenters. The van der Waals surface area contributed by atoms with Gasteiger partial charge in [0, 0.05) is 24.3 Å². The standard InChI is InChI=1S/C20H20ClN3O6S/c1-12-19(25)23-16-11-14(3-5-17(16)30-12)22-20(26)13-2-4-15(21)18(10-13)31(27,28)24-6-8-29-9-7-24/h2-5,10-12H,6-9H2,1H3,(H,22,26)(H,23,25). The highest BCUT2D eigenvalue weighted by Gasteiger charge is 2.29. The van der Waals surface area contributed by atoms with E-state index in [-0.39, 0.29) is 34.5 Å². The Balaban J connectivity index is 1.57. The second-order valence-corrected chi connectivity index (χ2v) is 9.39. The molecular formula is C20H20ClN3O6S. The molecule has 2 aliphatic heterocycles. The van der Waals surface area contributed by atoms with E-state index in [1.165, 1.54) is 22.5 Å². The quantitative estimate of drug-likeness (QED) is 0.716. The number of hydrogen-bond donors (Lipinski definition) is 2. The largest absolute Gasteiger partial charge is 0.479 e. The van der Waals surface area contributed by atoms with Crippen LogP contribution in [0.2, 0.25) is 5.02 Å². The number of nitrogens with one attached hydrogen (secondary N) is 2. The molecule has 0 spiro atoms. The lowest BCUT2D eigenvalue weighted by Crippen LogP contribution is -2.40. The van der Waals surface area contributed by atoms with Gasteiger partial charge in [0.25, 0.3) is 11.8 Å². The fourth-order valence-electron chi connectivity index (χ4n) is 3.26. The van der Waals surface area contributed by atoms with Crippen LogP contribution in [-0.2, 0) is 19.6 Å². The number of halogens is 1. The first kappa shape index (κ1) is 21.6. The summed E-state index contributed by atoms with van der Waals surface area (Å²) in [6.07, 6.45) is -0.603. The maximum absolute atomic E-state index is 13.0. The maximum atomic E-state index is 13.0. The number of benzene rings is 2. The van der Waals surface area contributed by atoms with Crippen LogP contribution in [0, 0.1) is 0 Å². The van der Waals surface area contributed by atoms with Crippen LogP contribution in [0.25, 0.3) is 0 Å². The Hall–Kier alpha value is -2.66. The van der Waals surface area contributed by atoms with E-state index in [4.69, 9.17) is 21.1 Å². The van der Waals surface area contributed by atoms with Crippen molar-refractivity contribution in [2.75, 3.05) is 36.9 Å². The number of carbonyl (C=O) groups is 2. The van der Waals surface area contributed by atoms with E-state index in [1.807, 2.05) is 0 Å². The van der Waals surface area contributed by atoms with Crippen molar-refractivity contribution in [2.45, 2.75) is 17.9 Å². The molecule has 2 amide bonds. The minimum Gasteiger partial charge on any atom is -0.479 e. The zero-order chi connectivity index (χ0) is 22.2. The van der Waals surface area contributed by atoms with E-state index in [2.05, 4.69) is 10.6 Å². The normalized spacial score (nSPS) is 19.2. The van der Waals surface area contributed by atoms with Crippen LogP contribution in [0.1, 0.15) is 17.3 Å². The molecule has 1 unspecified atom stereocenters. The summed E-state index contributed by atoms with van der Waals surface area (Å²) >= 11 is 6.15. The third kappa shape index (κ3) is 4.38. The number of anilines is 2. The predicted octanol–water partition coefficient (Wildman–Crippen LogP) is 2.33. The molecule has 1 fully saturated rings. The molecule has 2 aromatic rings. The van der Waals surface area contributed by atoms with Gasteiger partial charge in [-0.3, -0.25) is 9.59 Å². The summed E-state index contributed by atoms with van der Waals surface area (Å²) in [6.45, 7) is 2.67. The lowest BCUT2D eigenvalue weighted by atomic mass is 10.2. The molecule has 2 N–H and O–H groups in total. The Labute approximate surface area is 184 Å². The van der Waals surface area contributed by atoms with Crippen molar-refractivity contribution in [3.63, 3.8) is 0 Å². The second kappa shape index (κ2) is 8.46. The van der Waals surface area contributed by atoms with Crippen molar-refractivity contribution >= 4 is 44.8 Å². The van der Waals surface area contributed by atoms with Crippen molar-refractivity contribution in [3.05, 3.63) is 47.0 Å². The molecule has 0 saturated carbocycles. The Kier molecular flexibility index (Phi) is 5.89. The van der Waals surface area contributed by atoms with Crippen molar-refractivity contribution in [1.82, 2.24) is 4.31 Å². The van der Waals surface area contributed by atoms with Crippen LogP contribution in [0.5, 0.6) is 5.75 Å². The fourth-order valence-corrected chi connectivity index (χ4v) is 5.17. The first-order valence-electron chi connectivity index (χ1n) is 9.56. The van der Waals surface area contributed by atoms with Gasteiger partial charge in [0.1, 0.15) is 10.6 Å². The van der Waals surface area contributed by atoms with Crippen LogP contribution < -0.4 is 15.4 Å². The Morgan fingerprint density at radius 3 is 2.68 bits per heavy atom. The summed E-state index contributed by atoms with van der Waals surface area (Å²) in [4.78, 5) is 24.4. The first-order chi connectivity index (χ1) is 14.8. The summed E-state index contributed by atoms with van der Waals surface area (Å²) in [5, 5.41) is 5.44. The van der Waals surface area contributed by atoms with Crippen molar-refractivity contribution in [3.8, 4) is 5.75 Å². The smallest absolute Gasteiger partial charge is 0.265 e. The summed E-state index contributed by atoms with van der Waals surface area (Å²) in [5.74, 6) is -0.311. The van der Waals surface area contributed by atoms with E-state index in [9.17, 15) is 18.0 Å².